The summed E-state index contributed by atoms with van der Waals surface area (Å²) in [5.41, 5.74) is 3.84. The molecular weight excluding hydrogens is 604 g/mol. The number of hydrogen-bond donors (Lipinski definition) is 4. The summed E-state index contributed by atoms with van der Waals surface area (Å²) < 4.78 is 68.8. The maximum Gasteiger partial charge on any atom is 0.490 e. The number of ether oxygens (including phenoxy) is 1. The highest BCUT2D eigenvalue weighted by molar-refractivity contribution is 5.89. The molecule has 0 saturated carbocycles. The van der Waals surface area contributed by atoms with Crippen molar-refractivity contribution in [3.05, 3.63) is 66.5 Å². The van der Waals surface area contributed by atoms with Crippen molar-refractivity contribution in [1.29, 1.82) is 0 Å². The van der Waals surface area contributed by atoms with Crippen LogP contribution in [0.25, 0.3) is 11.1 Å². The van der Waals surface area contributed by atoms with Crippen molar-refractivity contribution in [3.63, 3.8) is 0 Å². The quantitative estimate of drug-likeness (QED) is 0.231. The zero-order chi connectivity index (χ0) is 33.5. The Bertz CT molecular complexity index is 1290. The number of halogens is 6. The number of carboxylic acids is 2. The van der Waals surface area contributed by atoms with Crippen molar-refractivity contribution in [2.24, 2.45) is 0 Å². The number of carbonyl (C=O) groups is 3. The van der Waals surface area contributed by atoms with Crippen molar-refractivity contribution in [3.8, 4) is 16.9 Å². The van der Waals surface area contributed by atoms with Crippen LogP contribution < -0.4 is 10.1 Å². The minimum absolute atomic E-state index is 0.118. The highest BCUT2D eigenvalue weighted by Gasteiger charge is 2.38. The van der Waals surface area contributed by atoms with E-state index in [4.69, 9.17) is 24.5 Å². The number of aromatic amines is 1. The number of alkyl halides is 6. The van der Waals surface area contributed by atoms with E-state index in [0.717, 1.165) is 41.1 Å². The molecular formula is C27H31F6N5O6. The minimum atomic E-state index is -5.08. The summed E-state index contributed by atoms with van der Waals surface area (Å²) in [7, 11) is 5.72. The van der Waals surface area contributed by atoms with Crippen molar-refractivity contribution < 1.29 is 55.7 Å². The van der Waals surface area contributed by atoms with Gasteiger partial charge in [0.15, 0.2) is 0 Å². The van der Waals surface area contributed by atoms with Crippen molar-refractivity contribution >= 4 is 23.7 Å². The van der Waals surface area contributed by atoms with E-state index in [2.05, 4.69) is 20.4 Å². The third-order valence-electron chi connectivity index (χ3n) is 5.28. The smallest absolute Gasteiger partial charge is 0.490 e. The second-order valence-corrected chi connectivity index (χ2v) is 9.03. The standard InChI is InChI=1S/C23H29N5O2.2C2HF3O2/c1-27(2)12-5-13-28(17-18-6-4-7-22(14-18)30-3)23(29)26-21-10-8-19(9-11-21)20-15-24-25-16-20;2*3-2(4,5)1(6)7/h4,6-11,14-16H,5,12-13,17H2,1-3H3,(H,24,25)(H,26,29);2*(H,6,7). The summed E-state index contributed by atoms with van der Waals surface area (Å²) in [5.74, 6) is -4.73. The molecule has 2 amide bonds. The Labute approximate surface area is 248 Å². The molecule has 4 N–H and O–H groups in total. The maximum absolute atomic E-state index is 13.0. The SMILES string of the molecule is COc1cccc(CN(CCCN(C)C)C(=O)Nc2ccc(-c3cn[nH]c3)cc2)c1.O=C(O)C(F)(F)F.O=C(O)C(F)(F)F. The molecule has 0 fully saturated rings. The Hall–Kier alpha value is -4.80. The number of aromatic nitrogens is 2. The first-order valence-corrected chi connectivity index (χ1v) is 12.5. The van der Waals surface area contributed by atoms with Gasteiger partial charge in [0.25, 0.3) is 0 Å². The molecule has 2 aromatic carbocycles. The average molecular weight is 636 g/mol. The first kappa shape index (κ1) is 37.2. The van der Waals surface area contributed by atoms with E-state index >= 15 is 0 Å². The number of urea groups is 1. The molecule has 3 aromatic rings. The number of aliphatic carboxylic acids is 2. The highest BCUT2D eigenvalue weighted by Crippen LogP contribution is 2.21. The summed E-state index contributed by atoms with van der Waals surface area (Å²) in [6.45, 7) is 2.10. The van der Waals surface area contributed by atoms with E-state index in [9.17, 15) is 31.1 Å². The Kier molecular flexibility index (Phi) is 14.7. The van der Waals surface area contributed by atoms with Crippen LogP contribution in [0.2, 0.25) is 0 Å². The van der Waals surface area contributed by atoms with Crippen LogP contribution in [-0.2, 0) is 16.1 Å². The lowest BCUT2D eigenvalue weighted by Crippen LogP contribution is -2.36. The van der Waals surface area contributed by atoms with Gasteiger partial charge >= 0.3 is 30.3 Å². The first-order valence-electron chi connectivity index (χ1n) is 12.5. The van der Waals surface area contributed by atoms with Crippen molar-refractivity contribution in [2.75, 3.05) is 39.6 Å². The highest BCUT2D eigenvalue weighted by atomic mass is 19.4. The van der Waals surface area contributed by atoms with E-state index in [1.807, 2.05) is 73.7 Å². The van der Waals surface area contributed by atoms with Crippen molar-refractivity contribution in [1.82, 2.24) is 20.0 Å². The van der Waals surface area contributed by atoms with Gasteiger partial charge in [0.2, 0.25) is 0 Å². The van der Waals surface area contributed by atoms with Crippen LogP contribution >= 0.6 is 0 Å². The fourth-order valence-corrected chi connectivity index (χ4v) is 3.18. The lowest BCUT2D eigenvalue weighted by Gasteiger charge is -2.24. The number of rotatable bonds is 9. The van der Waals surface area contributed by atoms with Gasteiger partial charge in [-0.2, -0.15) is 31.4 Å². The van der Waals surface area contributed by atoms with Crippen LogP contribution in [0.15, 0.2) is 60.9 Å². The molecule has 0 unspecified atom stereocenters. The van der Waals surface area contributed by atoms with E-state index in [0.29, 0.717) is 13.1 Å². The van der Waals surface area contributed by atoms with E-state index in [-0.39, 0.29) is 6.03 Å². The van der Waals surface area contributed by atoms with E-state index in [1.54, 1.807) is 13.3 Å². The lowest BCUT2D eigenvalue weighted by atomic mass is 10.1. The van der Waals surface area contributed by atoms with Crippen molar-refractivity contribution in [2.45, 2.75) is 25.3 Å². The summed E-state index contributed by atoms with van der Waals surface area (Å²) in [4.78, 5) is 34.8. The summed E-state index contributed by atoms with van der Waals surface area (Å²) in [5, 5.41) is 24.1. The molecule has 242 valence electrons. The fourth-order valence-electron chi connectivity index (χ4n) is 3.18. The maximum atomic E-state index is 13.0. The molecule has 0 aliphatic rings. The number of carbonyl (C=O) groups excluding carboxylic acids is 1. The molecule has 0 spiro atoms. The molecule has 0 aliphatic carbocycles. The number of nitrogens with zero attached hydrogens (tertiary/aromatic N) is 3. The van der Waals surface area contributed by atoms with E-state index < -0.39 is 24.3 Å². The summed E-state index contributed by atoms with van der Waals surface area (Å²) in [6.07, 6.45) is -5.66. The van der Waals surface area contributed by atoms with Crippen LogP contribution in [0.1, 0.15) is 12.0 Å². The predicted octanol–water partition coefficient (Wildman–Crippen LogP) is 5.34. The van der Waals surface area contributed by atoms with Gasteiger partial charge < -0.3 is 30.1 Å². The number of H-pyrrole nitrogens is 1. The Balaban J connectivity index is 0.000000574. The second kappa shape index (κ2) is 17.3. The van der Waals surface area contributed by atoms with Gasteiger partial charge in [-0.1, -0.05) is 24.3 Å². The predicted molar refractivity (Wildman–Crippen MR) is 147 cm³/mol. The average Bonchev–Trinajstić information content (AvgIpc) is 3.48. The number of nitrogens with one attached hydrogen (secondary N) is 2. The molecule has 1 aromatic heterocycles. The number of benzene rings is 2. The Morgan fingerprint density at radius 3 is 1.93 bits per heavy atom. The van der Waals surface area contributed by atoms with Gasteiger partial charge in [-0.15, -0.1) is 0 Å². The number of carboxylic acid groups (broad SMARTS) is 2. The number of methoxy groups -OCH3 is 1. The molecule has 1 heterocycles. The van der Waals surface area contributed by atoms with Crippen LogP contribution in [-0.4, -0.2) is 94.8 Å². The topological polar surface area (TPSA) is 148 Å². The zero-order valence-corrected chi connectivity index (χ0v) is 23.7. The van der Waals surface area contributed by atoms with Gasteiger partial charge in [-0.3, -0.25) is 5.10 Å². The molecule has 0 bridgehead atoms. The Morgan fingerprint density at radius 2 is 1.48 bits per heavy atom. The number of amides is 2. The van der Waals surface area contributed by atoms with Gasteiger partial charge in [-0.05, 0) is 62.5 Å². The second-order valence-electron chi connectivity index (χ2n) is 9.03. The normalized spacial score (nSPS) is 11.0. The summed E-state index contributed by atoms with van der Waals surface area (Å²) >= 11 is 0. The molecule has 44 heavy (non-hydrogen) atoms. The number of anilines is 1. The molecule has 17 heteroatoms. The molecule has 0 radical (unpaired) electrons. The van der Waals surface area contributed by atoms with Gasteiger partial charge in [0.05, 0.1) is 13.3 Å². The zero-order valence-electron chi connectivity index (χ0n) is 23.7. The molecule has 3 rings (SSSR count). The molecule has 11 nitrogen and oxygen atoms in total. The summed E-state index contributed by atoms with van der Waals surface area (Å²) in [6, 6.07) is 15.5. The van der Waals surface area contributed by atoms with Gasteiger partial charge in [0, 0.05) is 30.5 Å². The number of hydrogen-bond acceptors (Lipinski definition) is 6. The van der Waals surface area contributed by atoms with Crippen LogP contribution in [0, 0.1) is 0 Å². The third kappa shape index (κ3) is 14.4. The minimum Gasteiger partial charge on any atom is -0.497 e. The fraction of sp³-hybridized carbons (Fsp3) is 0.333. The molecule has 0 atom stereocenters. The molecule has 0 aliphatic heterocycles. The van der Waals surface area contributed by atoms with Crippen LogP contribution in [0.4, 0.5) is 36.8 Å². The Morgan fingerprint density at radius 1 is 0.909 bits per heavy atom. The lowest BCUT2D eigenvalue weighted by molar-refractivity contribution is -0.193. The van der Waals surface area contributed by atoms with Crippen LogP contribution in [0.3, 0.4) is 0 Å². The molecule has 0 saturated heterocycles. The third-order valence-corrected chi connectivity index (χ3v) is 5.28. The van der Waals surface area contributed by atoms with Gasteiger partial charge in [0.1, 0.15) is 5.75 Å². The van der Waals surface area contributed by atoms with Gasteiger partial charge in [-0.25, -0.2) is 14.4 Å². The monoisotopic (exact) mass is 635 g/mol. The van der Waals surface area contributed by atoms with Crippen LogP contribution in [0.5, 0.6) is 5.75 Å². The largest absolute Gasteiger partial charge is 0.497 e. The van der Waals surface area contributed by atoms with E-state index in [1.165, 1.54) is 0 Å². The first-order chi connectivity index (χ1) is 20.4.